The summed E-state index contributed by atoms with van der Waals surface area (Å²) in [5.74, 6) is 1.86. The number of benzene rings is 2. The van der Waals surface area contributed by atoms with Crippen LogP contribution in [0.2, 0.25) is 0 Å². The number of likely N-dealkylation sites (N-methyl/N-ethyl adjacent to an activating group) is 1. The highest BCUT2D eigenvalue weighted by molar-refractivity contribution is 5.81. The summed E-state index contributed by atoms with van der Waals surface area (Å²) in [5.41, 5.74) is 2.02. The topological polar surface area (TPSA) is 77.7 Å². The Morgan fingerprint density at radius 2 is 1.89 bits per heavy atom. The Hall–Kier alpha value is -3.35. The summed E-state index contributed by atoms with van der Waals surface area (Å²) in [6.45, 7) is 2.37. The highest BCUT2D eigenvalue weighted by Crippen LogP contribution is 2.31. The molecule has 1 atom stereocenters. The SMILES string of the molecule is Cc1ccc(-c2noc(CN(C)C(=O)[C@@H]3COc4ccccc4O3)n2)cc1. The Morgan fingerprint density at radius 3 is 2.67 bits per heavy atom. The number of nitrogens with zero attached hydrogens (tertiary/aromatic N) is 3. The minimum atomic E-state index is -0.704. The number of para-hydroxylation sites is 2. The zero-order valence-electron chi connectivity index (χ0n) is 15.1. The van der Waals surface area contributed by atoms with Crippen LogP contribution in [0.3, 0.4) is 0 Å². The van der Waals surface area contributed by atoms with E-state index < -0.39 is 6.10 Å². The van der Waals surface area contributed by atoms with E-state index in [0.29, 0.717) is 23.2 Å². The van der Waals surface area contributed by atoms with E-state index in [0.717, 1.165) is 11.1 Å². The van der Waals surface area contributed by atoms with Gasteiger partial charge in [0.05, 0.1) is 6.54 Å². The molecular weight excluding hydrogens is 346 g/mol. The van der Waals surface area contributed by atoms with Crippen LogP contribution in [0.1, 0.15) is 11.5 Å². The smallest absolute Gasteiger partial charge is 0.267 e. The molecule has 7 heteroatoms. The maximum Gasteiger partial charge on any atom is 0.267 e. The number of hydrogen-bond acceptors (Lipinski definition) is 6. The minimum Gasteiger partial charge on any atom is -0.485 e. The Bertz CT molecular complexity index is 952. The van der Waals surface area contributed by atoms with Crippen LogP contribution in [-0.4, -0.2) is 40.7 Å². The fraction of sp³-hybridized carbons (Fsp3) is 0.250. The van der Waals surface area contributed by atoms with Crippen molar-refractivity contribution < 1.29 is 18.8 Å². The van der Waals surface area contributed by atoms with Crippen molar-refractivity contribution in [3.05, 3.63) is 60.0 Å². The number of aromatic nitrogens is 2. The molecule has 3 aromatic rings. The van der Waals surface area contributed by atoms with Crippen LogP contribution in [0, 0.1) is 6.92 Å². The fourth-order valence-electron chi connectivity index (χ4n) is 2.81. The van der Waals surface area contributed by atoms with Crippen LogP contribution in [0.15, 0.2) is 53.1 Å². The molecule has 27 heavy (non-hydrogen) atoms. The summed E-state index contributed by atoms with van der Waals surface area (Å²) in [6.07, 6.45) is -0.704. The predicted octanol–water partition coefficient (Wildman–Crippen LogP) is 2.84. The summed E-state index contributed by atoms with van der Waals surface area (Å²) in [7, 11) is 1.67. The van der Waals surface area contributed by atoms with Crippen molar-refractivity contribution in [2.24, 2.45) is 0 Å². The first kappa shape index (κ1) is 17.1. The molecule has 2 aromatic carbocycles. The van der Waals surface area contributed by atoms with Crippen LogP contribution in [-0.2, 0) is 11.3 Å². The van der Waals surface area contributed by atoms with Gasteiger partial charge < -0.3 is 18.9 Å². The van der Waals surface area contributed by atoms with E-state index in [9.17, 15) is 4.79 Å². The number of carbonyl (C=O) groups is 1. The highest BCUT2D eigenvalue weighted by atomic mass is 16.6. The Morgan fingerprint density at radius 1 is 1.15 bits per heavy atom. The van der Waals surface area contributed by atoms with Gasteiger partial charge in [-0.25, -0.2) is 0 Å². The molecule has 0 saturated heterocycles. The quantitative estimate of drug-likeness (QED) is 0.707. The molecule has 1 aliphatic rings. The molecule has 7 nitrogen and oxygen atoms in total. The number of fused-ring (bicyclic) bond motifs is 1. The molecule has 0 aliphatic carbocycles. The maximum atomic E-state index is 12.7. The summed E-state index contributed by atoms with van der Waals surface area (Å²) in [4.78, 5) is 18.5. The first-order valence-corrected chi connectivity index (χ1v) is 8.63. The third-order valence-corrected chi connectivity index (χ3v) is 4.31. The van der Waals surface area contributed by atoms with Gasteiger partial charge in [-0.15, -0.1) is 0 Å². The maximum absolute atomic E-state index is 12.7. The van der Waals surface area contributed by atoms with Gasteiger partial charge in [0.2, 0.25) is 17.8 Å². The monoisotopic (exact) mass is 365 g/mol. The van der Waals surface area contributed by atoms with Gasteiger partial charge >= 0.3 is 0 Å². The summed E-state index contributed by atoms with van der Waals surface area (Å²) in [5, 5.41) is 3.99. The molecule has 0 saturated carbocycles. The zero-order valence-corrected chi connectivity index (χ0v) is 15.1. The van der Waals surface area contributed by atoms with Gasteiger partial charge in [-0.05, 0) is 19.1 Å². The molecule has 1 aliphatic heterocycles. The van der Waals surface area contributed by atoms with Gasteiger partial charge in [0.1, 0.15) is 6.61 Å². The fourth-order valence-corrected chi connectivity index (χ4v) is 2.81. The standard InChI is InChI=1S/C20H19N3O4/c1-13-7-9-14(10-8-13)19-21-18(27-22-19)11-23(2)20(24)17-12-25-15-5-3-4-6-16(15)26-17/h3-10,17H,11-12H2,1-2H3/t17-/m0/s1. The van der Waals surface area contributed by atoms with Crippen molar-refractivity contribution in [1.82, 2.24) is 15.0 Å². The van der Waals surface area contributed by atoms with E-state index >= 15 is 0 Å². The number of aryl methyl sites for hydroxylation is 1. The first-order valence-electron chi connectivity index (χ1n) is 8.63. The van der Waals surface area contributed by atoms with Crippen molar-refractivity contribution in [3.63, 3.8) is 0 Å². The predicted molar refractivity (Wildman–Crippen MR) is 97.3 cm³/mol. The number of carbonyl (C=O) groups excluding carboxylic acids is 1. The Kier molecular flexibility index (Phi) is 4.50. The second-order valence-corrected chi connectivity index (χ2v) is 6.44. The normalized spacial score (nSPS) is 15.4. The lowest BCUT2D eigenvalue weighted by atomic mass is 10.1. The van der Waals surface area contributed by atoms with Crippen molar-refractivity contribution in [2.75, 3.05) is 13.7 Å². The van der Waals surface area contributed by atoms with Crippen LogP contribution in [0.4, 0.5) is 0 Å². The molecule has 138 valence electrons. The van der Waals surface area contributed by atoms with Crippen LogP contribution >= 0.6 is 0 Å². The third-order valence-electron chi connectivity index (χ3n) is 4.31. The number of hydrogen-bond donors (Lipinski definition) is 0. The largest absolute Gasteiger partial charge is 0.485 e. The molecular formula is C20H19N3O4. The minimum absolute atomic E-state index is 0.165. The van der Waals surface area contributed by atoms with E-state index in [2.05, 4.69) is 10.1 Å². The van der Waals surface area contributed by atoms with Crippen LogP contribution in [0.25, 0.3) is 11.4 Å². The lowest BCUT2D eigenvalue weighted by Crippen LogP contribution is -2.44. The van der Waals surface area contributed by atoms with Gasteiger partial charge in [0.25, 0.3) is 5.91 Å². The lowest BCUT2D eigenvalue weighted by molar-refractivity contribution is -0.140. The number of rotatable bonds is 4. The van der Waals surface area contributed by atoms with Gasteiger partial charge in [-0.3, -0.25) is 4.79 Å². The molecule has 0 spiro atoms. The van der Waals surface area contributed by atoms with Crippen molar-refractivity contribution in [2.45, 2.75) is 19.6 Å². The summed E-state index contributed by atoms with van der Waals surface area (Å²) >= 11 is 0. The Balaban J connectivity index is 1.41. The van der Waals surface area contributed by atoms with Crippen molar-refractivity contribution in [1.29, 1.82) is 0 Å². The lowest BCUT2D eigenvalue weighted by Gasteiger charge is -2.28. The second kappa shape index (κ2) is 7.11. The van der Waals surface area contributed by atoms with Gasteiger partial charge in [-0.2, -0.15) is 4.98 Å². The van der Waals surface area contributed by atoms with Crippen LogP contribution in [0.5, 0.6) is 11.5 Å². The molecule has 1 aromatic heterocycles. The summed E-state index contributed by atoms with van der Waals surface area (Å²) < 4.78 is 16.6. The second-order valence-electron chi connectivity index (χ2n) is 6.44. The molecule has 4 rings (SSSR count). The van der Waals surface area contributed by atoms with E-state index in [1.54, 1.807) is 13.1 Å². The molecule has 2 heterocycles. The molecule has 0 unspecified atom stereocenters. The van der Waals surface area contributed by atoms with Crippen molar-refractivity contribution in [3.8, 4) is 22.9 Å². The highest BCUT2D eigenvalue weighted by Gasteiger charge is 2.30. The third kappa shape index (κ3) is 3.62. The van der Waals surface area contributed by atoms with E-state index in [1.807, 2.05) is 49.4 Å². The Labute approximate surface area is 156 Å². The molecule has 0 fully saturated rings. The average molecular weight is 365 g/mol. The summed E-state index contributed by atoms with van der Waals surface area (Å²) in [6, 6.07) is 15.1. The van der Waals surface area contributed by atoms with Crippen LogP contribution < -0.4 is 9.47 Å². The molecule has 0 bridgehead atoms. The molecule has 1 amide bonds. The van der Waals surface area contributed by atoms with E-state index in [-0.39, 0.29) is 19.1 Å². The average Bonchev–Trinajstić information content (AvgIpc) is 3.16. The van der Waals surface area contributed by atoms with E-state index in [1.165, 1.54) is 4.90 Å². The van der Waals surface area contributed by atoms with Gasteiger partial charge in [-0.1, -0.05) is 47.1 Å². The first-order chi connectivity index (χ1) is 13.1. The number of ether oxygens (including phenoxy) is 2. The van der Waals surface area contributed by atoms with E-state index in [4.69, 9.17) is 14.0 Å². The number of amides is 1. The van der Waals surface area contributed by atoms with Crippen molar-refractivity contribution >= 4 is 5.91 Å². The van der Waals surface area contributed by atoms with Gasteiger partial charge in [0, 0.05) is 12.6 Å². The zero-order chi connectivity index (χ0) is 18.8. The molecule has 0 N–H and O–H groups in total. The van der Waals surface area contributed by atoms with Gasteiger partial charge in [0.15, 0.2) is 11.5 Å². The molecule has 0 radical (unpaired) electrons.